The monoisotopic (exact) mass is 341 g/mol. The van der Waals surface area contributed by atoms with Crippen molar-refractivity contribution in [2.24, 2.45) is 0 Å². The van der Waals surface area contributed by atoms with Crippen LogP contribution >= 0.6 is 11.3 Å². The summed E-state index contributed by atoms with van der Waals surface area (Å²) in [5, 5.41) is 22.1. The molecule has 0 radical (unpaired) electrons. The zero-order valence-corrected chi connectivity index (χ0v) is 13.0. The van der Waals surface area contributed by atoms with Crippen LogP contribution in [0.2, 0.25) is 0 Å². The molecule has 3 aromatic rings. The van der Waals surface area contributed by atoms with E-state index in [1.165, 1.54) is 6.07 Å². The van der Waals surface area contributed by atoms with Gasteiger partial charge in [0.1, 0.15) is 5.00 Å². The Morgan fingerprint density at radius 3 is 2.29 bits per heavy atom. The van der Waals surface area contributed by atoms with Gasteiger partial charge in [-0.05, 0) is 28.5 Å². The third-order valence-corrected chi connectivity index (χ3v) is 4.52. The Balaban J connectivity index is 2.05. The SMILES string of the molecule is O=C(O)C(=O)Nc1sc(-c2ccc3ccccc3c2)cc1C(=O)O. The number of benzene rings is 2. The minimum atomic E-state index is -1.67. The smallest absolute Gasteiger partial charge is 0.394 e. The van der Waals surface area contributed by atoms with E-state index < -0.39 is 17.8 Å². The minimum absolute atomic E-state index is 0.00180. The highest BCUT2D eigenvalue weighted by Gasteiger charge is 2.20. The van der Waals surface area contributed by atoms with Crippen LogP contribution in [0.25, 0.3) is 21.2 Å². The molecule has 3 rings (SSSR count). The maximum Gasteiger partial charge on any atom is 0.394 e. The molecular formula is C17H11NO5S. The van der Waals surface area contributed by atoms with Crippen molar-refractivity contribution in [2.45, 2.75) is 0 Å². The molecule has 0 aliphatic rings. The van der Waals surface area contributed by atoms with Gasteiger partial charge in [0.05, 0.1) is 5.56 Å². The van der Waals surface area contributed by atoms with Gasteiger partial charge in [-0.1, -0.05) is 36.4 Å². The van der Waals surface area contributed by atoms with Crippen LogP contribution in [0.1, 0.15) is 10.4 Å². The summed E-state index contributed by atoms with van der Waals surface area (Å²) in [6.07, 6.45) is 0. The van der Waals surface area contributed by atoms with Gasteiger partial charge in [-0.25, -0.2) is 9.59 Å². The summed E-state index contributed by atoms with van der Waals surface area (Å²) < 4.78 is 0. The number of aromatic carboxylic acids is 1. The number of nitrogens with one attached hydrogen (secondary N) is 1. The predicted molar refractivity (Wildman–Crippen MR) is 90.5 cm³/mol. The molecule has 0 spiro atoms. The standard InChI is InChI=1S/C17H11NO5S/c19-14(17(22)23)18-15-12(16(20)21)8-13(24-15)11-6-5-9-3-1-2-4-10(9)7-11/h1-8H,(H,18,19)(H,20,21)(H,22,23). The molecule has 0 atom stereocenters. The van der Waals surface area contributed by atoms with Crippen LogP contribution in [0, 0.1) is 0 Å². The first-order valence-corrected chi connectivity index (χ1v) is 7.68. The maximum absolute atomic E-state index is 11.3. The van der Waals surface area contributed by atoms with Crippen molar-refractivity contribution in [3.05, 3.63) is 54.1 Å². The molecule has 24 heavy (non-hydrogen) atoms. The first kappa shape index (κ1) is 15.7. The number of carboxylic acids is 2. The largest absolute Gasteiger partial charge is 0.478 e. The zero-order chi connectivity index (χ0) is 17.3. The fourth-order valence-corrected chi connectivity index (χ4v) is 3.33. The Hall–Kier alpha value is -3.19. The van der Waals surface area contributed by atoms with Gasteiger partial charge in [-0.2, -0.15) is 0 Å². The number of thiophene rings is 1. The van der Waals surface area contributed by atoms with E-state index in [0.717, 1.165) is 27.7 Å². The highest BCUT2D eigenvalue weighted by molar-refractivity contribution is 7.20. The normalized spacial score (nSPS) is 10.5. The number of anilines is 1. The lowest BCUT2D eigenvalue weighted by Crippen LogP contribution is -2.22. The number of carbonyl (C=O) groups is 3. The van der Waals surface area contributed by atoms with Crippen LogP contribution in [-0.4, -0.2) is 28.1 Å². The fraction of sp³-hybridized carbons (Fsp3) is 0. The van der Waals surface area contributed by atoms with Crippen molar-refractivity contribution in [1.29, 1.82) is 0 Å². The number of rotatable bonds is 3. The number of hydrogen-bond donors (Lipinski definition) is 3. The molecule has 0 aliphatic carbocycles. The van der Waals surface area contributed by atoms with Crippen LogP contribution in [0.5, 0.6) is 0 Å². The van der Waals surface area contributed by atoms with E-state index in [1.807, 2.05) is 42.5 Å². The number of aliphatic carboxylic acids is 1. The highest BCUT2D eigenvalue weighted by Crippen LogP contribution is 2.36. The van der Waals surface area contributed by atoms with E-state index in [1.54, 1.807) is 0 Å². The third-order valence-electron chi connectivity index (χ3n) is 3.42. The van der Waals surface area contributed by atoms with Gasteiger partial charge in [-0.3, -0.25) is 4.79 Å². The van der Waals surface area contributed by atoms with E-state index >= 15 is 0 Å². The van der Waals surface area contributed by atoms with Gasteiger partial charge in [-0.15, -0.1) is 11.3 Å². The average Bonchev–Trinajstić information content (AvgIpc) is 2.98. The number of carboxylic acid groups (broad SMARTS) is 2. The lowest BCUT2D eigenvalue weighted by Gasteiger charge is -2.01. The number of amides is 1. The molecule has 0 unspecified atom stereocenters. The van der Waals surface area contributed by atoms with Gasteiger partial charge in [0.15, 0.2) is 0 Å². The van der Waals surface area contributed by atoms with Crippen molar-refractivity contribution < 1.29 is 24.6 Å². The Morgan fingerprint density at radius 2 is 1.62 bits per heavy atom. The summed E-state index contributed by atoms with van der Waals surface area (Å²) in [5.74, 6) is -4.18. The number of fused-ring (bicyclic) bond motifs is 1. The molecule has 1 amide bonds. The average molecular weight is 341 g/mol. The molecule has 2 aromatic carbocycles. The van der Waals surface area contributed by atoms with Gasteiger partial charge < -0.3 is 15.5 Å². The molecule has 3 N–H and O–H groups in total. The second kappa shape index (κ2) is 6.13. The molecule has 0 saturated carbocycles. The summed E-state index contributed by atoms with van der Waals surface area (Å²) in [4.78, 5) is 33.9. The van der Waals surface area contributed by atoms with E-state index in [9.17, 15) is 19.5 Å². The van der Waals surface area contributed by atoms with Gasteiger partial charge in [0.25, 0.3) is 0 Å². The van der Waals surface area contributed by atoms with Crippen LogP contribution < -0.4 is 5.32 Å². The summed E-state index contributed by atoms with van der Waals surface area (Å²) in [6.45, 7) is 0. The molecule has 0 fully saturated rings. The van der Waals surface area contributed by atoms with Crippen molar-refractivity contribution in [3.8, 4) is 10.4 Å². The van der Waals surface area contributed by atoms with Crippen LogP contribution in [0.15, 0.2) is 48.5 Å². The van der Waals surface area contributed by atoms with Crippen molar-refractivity contribution in [3.63, 3.8) is 0 Å². The van der Waals surface area contributed by atoms with E-state index in [2.05, 4.69) is 5.32 Å². The van der Waals surface area contributed by atoms with Crippen LogP contribution in [0.4, 0.5) is 5.00 Å². The van der Waals surface area contributed by atoms with Crippen molar-refractivity contribution in [1.82, 2.24) is 0 Å². The van der Waals surface area contributed by atoms with E-state index in [0.29, 0.717) is 4.88 Å². The van der Waals surface area contributed by atoms with Gasteiger partial charge >= 0.3 is 17.8 Å². The second-order valence-electron chi connectivity index (χ2n) is 4.98. The molecule has 0 aliphatic heterocycles. The molecule has 120 valence electrons. The maximum atomic E-state index is 11.3. The first-order chi connectivity index (χ1) is 11.5. The van der Waals surface area contributed by atoms with Crippen LogP contribution in [-0.2, 0) is 9.59 Å². The van der Waals surface area contributed by atoms with Crippen LogP contribution in [0.3, 0.4) is 0 Å². The molecular weight excluding hydrogens is 330 g/mol. The summed E-state index contributed by atoms with van der Waals surface area (Å²) in [7, 11) is 0. The molecule has 1 heterocycles. The van der Waals surface area contributed by atoms with E-state index in [4.69, 9.17) is 5.11 Å². The fourth-order valence-electron chi connectivity index (χ4n) is 2.28. The molecule has 7 heteroatoms. The number of hydrogen-bond acceptors (Lipinski definition) is 4. The topological polar surface area (TPSA) is 104 Å². The van der Waals surface area contributed by atoms with Crippen molar-refractivity contribution in [2.75, 3.05) is 5.32 Å². The molecule has 6 nitrogen and oxygen atoms in total. The molecule has 0 bridgehead atoms. The Morgan fingerprint density at radius 1 is 0.917 bits per heavy atom. The Labute approximate surface area is 140 Å². The van der Waals surface area contributed by atoms with Gasteiger partial charge in [0.2, 0.25) is 0 Å². The minimum Gasteiger partial charge on any atom is -0.478 e. The summed E-state index contributed by atoms with van der Waals surface area (Å²) in [6, 6.07) is 14.8. The molecule has 1 aromatic heterocycles. The van der Waals surface area contributed by atoms with Gasteiger partial charge in [0, 0.05) is 4.88 Å². The lowest BCUT2D eigenvalue weighted by atomic mass is 10.1. The zero-order valence-electron chi connectivity index (χ0n) is 12.1. The molecule has 0 saturated heterocycles. The quantitative estimate of drug-likeness (QED) is 0.634. The summed E-state index contributed by atoms with van der Waals surface area (Å²) >= 11 is 1.02. The second-order valence-corrected chi connectivity index (χ2v) is 6.03. The lowest BCUT2D eigenvalue weighted by molar-refractivity contribution is -0.147. The van der Waals surface area contributed by atoms with Crippen molar-refractivity contribution >= 4 is 45.0 Å². The predicted octanol–water partition coefficient (Wildman–Crippen LogP) is 3.29. The Bertz CT molecular complexity index is 976. The van der Waals surface area contributed by atoms with E-state index in [-0.39, 0.29) is 10.6 Å². The first-order valence-electron chi connectivity index (χ1n) is 6.86. The number of carbonyl (C=O) groups excluding carboxylic acids is 1. The Kier molecular flexibility index (Phi) is 4.01. The third kappa shape index (κ3) is 2.97. The highest BCUT2D eigenvalue weighted by atomic mass is 32.1. The summed E-state index contributed by atoms with van der Waals surface area (Å²) in [5.41, 5.74) is 0.648.